The van der Waals surface area contributed by atoms with Gasteiger partial charge in [-0.1, -0.05) is 6.92 Å². The Morgan fingerprint density at radius 2 is 2.06 bits per heavy atom. The Morgan fingerprint density at radius 3 is 2.69 bits per heavy atom. The van der Waals surface area contributed by atoms with Gasteiger partial charge >= 0.3 is 0 Å². The molecule has 4 heteroatoms. The highest BCUT2D eigenvalue weighted by Gasteiger charge is 2.05. The van der Waals surface area contributed by atoms with E-state index in [1.165, 1.54) is 6.07 Å². The van der Waals surface area contributed by atoms with Crippen LogP contribution in [0.3, 0.4) is 0 Å². The van der Waals surface area contributed by atoms with Gasteiger partial charge in [-0.3, -0.25) is 4.98 Å². The summed E-state index contributed by atoms with van der Waals surface area (Å²) in [7, 11) is 0. The Hall–Kier alpha value is -1.84. The lowest BCUT2D eigenvalue weighted by molar-refractivity contribution is 0.622. The molecule has 82 valence electrons. The molecular formula is C12H12FN3. The Kier molecular flexibility index (Phi) is 2.90. The summed E-state index contributed by atoms with van der Waals surface area (Å²) in [5.74, 6) is 0.139. The average molecular weight is 217 g/mol. The maximum Gasteiger partial charge on any atom is 0.161 e. The van der Waals surface area contributed by atoms with E-state index in [1.54, 1.807) is 12.4 Å². The third-order valence-electron chi connectivity index (χ3n) is 2.42. The predicted octanol–water partition coefficient (Wildman–Crippen LogP) is 2.55. The van der Waals surface area contributed by atoms with Crippen LogP contribution in [0.15, 0.2) is 24.7 Å². The molecule has 0 aliphatic rings. The SMILES string of the molecule is CCc1cnc(-c2cncc(F)c2)nc1C. The van der Waals surface area contributed by atoms with Crippen molar-refractivity contribution in [2.75, 3.05) is 0 Å². The van der Waals surface area contributed by atoms with Gasteiger partial charge in [0.2, 0.25) is 0 Å². The van der Waals surface area contributed by atoms with Crippen LogP contribution in [0.25, 0.3) is 11.4 Å². The van der Waals surface area contributed by atoms with Crippen molar-refractivity contribution in [3.8, 4) is 11.4 Å². The fraction of sp³-hybridized carbons (Fsp3) is 0.250. The minimum absolute atomic E-state index is 0.377. The van der Waals surface area contributed by atoms with Gasteiger partial charge in [-0.15, -0.1) is 0 Å². The van der Waals surface area contributed by atoms with Gasteiger partial charge in [-0.25, -0.2) is 14.4 Å². The van der Waals surface area contributed by atoms with E-state index in [-0.39, 0.29) is 5.82 Å². The lowest BCUT2D eigenvalue weighted by Crippen LogP contribution is -1.97. The number of hydrogen-bond acceptors (Lipinski definition) is 3. The number of rotatable bonds is 2. The Bertz CT molecular complexity index is 511. The molecule has 2 aromatic heterocycles. The number of aryl methyl sites for hydroxylation is 2. The molecule has 0 N–H and O–H groups in total. The molecule has 0 spiro atoms. The number of aromatic nitrogens is 3. The zero-order valence-electron chi connectivity index (χ0n) is 9.24. The third kappa shape index (κ3) is 2.05. The molecule has 0 radical (unpaired) electrons. The summed E-state index contributed by atoms with van der Waals surface area (Å²) >= 11 is 0. The van der Waals surface area contributed by atoms with E-state index in [2.05, 4.69) is 21.9 Å². The van der Waals surface area contributed by atoms with E-state index >= 15 is 0 Å². The van der Waals surface area contributed by atoms with Gasteiger partial charge in [0.05, 0.1) is 6.20 Å². The molecule has 16 heavy (non-hydrogen) atoms. The summed E-state index contributed by atoms with van der Waals surface area (Å²) in [6, 6.07) is 1.38. The van der Waals surface area contributed by atoms with Crippen molar-refractivity contribution in [3.05, 3.63) is 41.7 Å². The van der Waals surface area contributed by atoms with Gasteiger partial charge in [0.15, 0.2) is 5.82 Å². The maximum absolute atomic E-state index is 13.0. The first-order chi connectivity index (χ1) is 7.70. The van der Waals surface area contributed by atoms with Gasteiger partial charge in [0.1, 0.15) is 5.82 Å². The molecule has 0 aromatic carbocycles. The maximum atomic E-state index is 13.0. The smallest absolute Gasteiger partial charge is 0.161 e. The molecule has 0 saturated carbocycles. The van der Waals surface area contributed by atoms with Gasteiger partial charge in [0.25, 0.3) is 0 Å². The van der Waals surface area contributed by atoms with Crippen molar-refractivity contribution in [2.45, 2.75) is 20.3 Å². The van der Waals surface area contributed by atoms with Crippen LogP contribution in [0.4, 0.5) is 4.39 Å². The van der Waals surface area contributed by atoms with Crippen molar-refractivity contribution < 1.29 is 4.39 Å². The quantitative estimate of drug-likeness (QED) is 0.776. The molecule has 3 nitrogen and oxygen atoms in total. The van der Waals surface area contributed by atoms with Crippen LogP contribution in [0.2, 0.25) is 0 Å². The first-order valence-corrected chi connectivity index (χ1v) is 5.14. The Morgan fingerprint density at radius 1 is 1.25 bits per heavy atom. The van der Waals surface area contributed by atoms with Gasteiger partial charge in [0, 0.05) is 23.7 Å². The molecule has 0 aliphatic heterocycles. The van der Waals surface area contributed by atoms with Gasteiger partial charge in [-0.05, 0) is 25.0 Å². The molecule has 2 aromatic rings. The monoisotopic (exact) mass is 217 g/mol. The fourth-order valence-corrected chi connectivity index (χ4v) is 1.51. The normalized spacial score (nSPS) is 10.4. The molecule has 0 aliphatic carbocycles. The van der Waals surface area contributed by atoms with Crippen LogP contribution >= 0.6 is 0 Å². The molecule has 0 bridgehead atoms. The summed E-state index contributed by atoms with van der Waals surface area (Å²) in [5, 5.41) is 0. The van der Waals surface area contributed by atoms with E-state index in [4.69, 9.17) is 0 Å². The predicted molar refractivity (Wildman–Crippen MR) is 59.3 cm³/mol. The minimum atomic E-state index is -0.377. The summed E-state index contributed by atoms with van der Waals surface area (Å²) in [6.07, 6.45) is 5.40. The highest BCUT2D eigenvalue weighted by Crippen LogP contribution is 2.16. The molecule has 0 unspecified atom stereocenters. The molecule has 0 saturated heterocycles. The lowest BCUT2D eigenvalue weighted by Gasteiger charge is -2.04. The van der Waals surface area contributed by atoms with Crippen LogP contribution in [0.1, 0.15) is 18.2 Å². The van der Waals surface area contributed by atoms with Crippen molar-refractivity contribution in [3.63, 3.8) is 0 Å². The van der Waals surface area contributed by atoms with Crippen LogP contribution in [-0.4, -0.2) is 15.0 Å². The Labute approximate surface area is 93.4 Å². The summed E-state index contributed by atoms with van der Waals surface area (Å²) in [4.78, 5) is 12.3. The zero-order chi connectivity index (χ0) is 11.5. The third-order valence-corrected chi connectivity index (χ3v) is 2.42. The standard InChI is InChI=1S/C12H12FN3/c1-3-9-6-15-12(16-8(9)2)10-4-11(13)7-14-5-10/h4-7H,3H2,1-2H3. The van der Waals surface area contributed by atoms with Crippen LogP contribution in [0, 0.1) is 12.7 Å². The molecule has 0 fully saturated rings. The number of hydrogen-bond donors (Lipinski definition) is 0. The van der Waals surface area contributed by atoms with E-state index in [9.17, 15) is 4.39 Å². The second-order valence-electron chi connectivity index (χ2n) is 3.55. The van der Waals surface area contributed by atoms with E-state index in [0.717, 1.165) is 23.9 Å². The van der Waals surface area contributed by atoms with Crippen LogP contribution in [0.5, 0.6) is 0 Å². The minimum Gasteiger partial charge on any atom is -0.261 e. The van der Waals surface area contributed by atoms with Gasteiger partial charge in [-0.2, -0.15) is 0 Å². The molecular weight excluding hydrogens is 205 g/mol. The second-order valence-corrected chi connectivity index (χ2v) is 3.55. The molecule has 2 rings (SSSR count). The first kappa shape index (κ1) is 10.7. The number of halogens is 1. The largest absolute Gasteiger partial charge is 0.261 e. The summed E-state index contributed by atoms with van der Waals surface area (Å²) in [5.41, 5.74) is 2.63. The lowest BCUT2D eigenvalue weighted by atomic mass is 10.2. The topological polar surface area (TPSA) is 38.7 Å². The second kappa shape index (κ2) is 4.35. The number of nitrogens with zero attached hydrogens (tertiary/aromatic N) is 3. The van der Waals surface area contributed by atoms with Crippen molar-refractivity contribution in [1.82, 2.24) is 15.0 Å². The van der Waals surface area contributed by atoms with Crippen molar-refractivity contribution in [1.29, 1.82) is 0 Å². The summed E-state index contributed by atoms with van der Waals surface area (Å²) < 4.78 is 13.0. The number of pyridine rings is 1. The van der Waals surface area contributed by atoms with E-state index in [0.29, 0.717) is 11.4 Å². The molecule has 0 amide bonds. The zero-order valence-corrected chi connectivity index (χ0v) is 9.24. The first-order valence-electron chi connectivity index (χ1n) is 5.14. The van der Waals surface area contributed by atoms with Crippen molar-refractivity contribution >= 4 is 0 Å². The van der Waals surface area contributed by atoms with Crippen LogP contribution < -0.4 is 0 Å². The summed E-state index contributed by atoms with van der Waals surface area (Å²) in [6.45, 7) is 3.98. The Balaban J connectivity index is 2.45. The van der Waals surface area contributed by atoms with E-state index < -0.39 is 0 Å². The average Bonchev–Trinajstić information content (AvgIpc) is 2.29. The van der Waals surface area contributed by atoms with Crippen LogP contribution in [-0.2, 0) is 6.42 Å². The highest BCUT2D eigenvalue weighted by atomic mass is 19.1. The van der Waals surface area contributed by atoms with Gasteiger partial charge < -0.3 is 0 Å². The molecule has 2 heterocycles. The molecule has 0 atom stereocenters. The van der Waals surface area contributed by atoms with E-state index in [1.807, 2.05) is 6.92 Å². The van der Waals surface area contributed by atoms with Crippen molar-refractivity contribution in [2.24, 2.45) is 0 Å². The highest BCUT2D eigenvalue weighted by molar-refractivity contribution is 5.53. The fourth-order valence-electron chi connectivity index (χ4n) is 1.51.